The molecule has 128 valence electrons. The Balaban J connectivity index is 0.00000264. The summed E-state index contributed by atoms with van der Waals surface area (Å²) >= 11 is 1.35. The third kappa shape index (κ3) is 6.81. The van der Waals surface area contributed by atoms with Crippen molar-refractivity contribution in [2.45, 2.75) is 19.1 Å². The predicted octanol–water partition coefficient (Wildman–Crippen LogP) is 1.81. The van der Waals surface area contributed by atoms with Crippen molar-refractivity contribution in [3.8, 4) is 0 Å². The van der Waals surface area contributed by atoms with Gasteiger partial charge in [-0.2, -0.15) is 0 Å². The van der Waals surface area contributed by atoms with E-state index in [1.54, 1.807) is 0 Å². The number of hydrogen-bond donors (Lipinski definition) is 3. The van der Waals surface area contributed by atoms with Crippen molar-refractivity contribution >= 4 is 41.7 Å². The Morgan fingerprint density at radius 3 is 2.52 bits per heavy atom. The van der Waals surface area contributed by atoms with Crippen LogP contribution in [0.4, 0.5) is 5.69 Å². The molecule has 1 atom stereocenters. The summed E-state index contributed by atoms with van der Waals surface area (Å²) in [6.07, 6.45) is 0. The predicted molar refractivity (Wildman–Crippen MR) is 98.3 cm³/mol. The minimum absolute atomic E-state index is 0. The Hall–Kier alpha value is -1.24. The lowest BCUT2D eigenvalue weighted by molar-refractivity contribution is -0.120. The fourth-order valence-corrected chi connectivity index (χ4v) is 2.70. The van der Waals surface area contributed by atoms with E-state index in [0.29, 0.717) is 12.5 Å². The molecule has 0 spiro atoms. The van der Waals surface area contributed by atoms with Crippen molar-refractivity contribution in [1.82, 2.24) is 10.6 Å². The minimum Gasteiger partial charge on any atom is -0.355 e. The Kier molecular flexibility index (Phi) is 8.44. The zero-order valence-corrected chi connectivity index (χ0v) is 15.1. The van der Waals surface area contributed by atoms with Gasteiger partial charge in [-0.05, 0) is 26.0 Å². The first-order valence-corrected chi connectivity index (χ1v) is 8.56. The Morgan fingerprint density at radius 1 is 1.30 bits per heavy atom. The largest absolute Gasteiger partial charge is 0.355 e. The zero-order valence-electron chi connectivity index (χ0n) is 13.4. The van der Waals surface area contributed by atoms with Crippen molar-refractivity contribution in [1.29, 1.82) is 0 Å². The standard InChI is InChI=1S/C16H23N3O2S.ClH/c1-11-3-5-14(6-4-11)19-15(20)10-22-12(2)16(21)18-9-13-7-17-8-13;/h3-6,12-13,17H,7-10H2,1-2H3,(H,18,21)(H,19,20);1H. The van der Waals surface area contributed by atoms with Gasteiger partial charge in [-0.3, -0.25) is 9.59 Å². The molecule has 1 fully saturated rings. The highest BCUT2D eigenvalue weighted by molar-refractivity contribution is 8.01. The summed E-state index contributed by atoms with van der Waals surface area (Å²) in [5.74, 6) is 0.732. The van der Waals surface area contributed by atoms with Gasteiger partial charge in [0, 0.05) is 31.2 Å². The maximum absolute atomic E-state index is 11.9. The number of aryl methyl sites for hydroxylation is 1. The molecule has 0 bridgehead atoms. The normalized spacial score (nSPS) is 15.0. The van der Waals surface area contributed by atoms with Crippen LogP contribution in [0.15, 0.2) is 24.3 Å². The molecule has 0 saturated carbocycles. The molecule has 1 aliphatic rings. The molecular formula is C16H24ClN3O2S. The van der Waals surface area contributed by atoms with Crippen molar-refractivity contribution in [2.75, 3.05) is 30.7 Å². The number of thioether (sulfide) groups is 1. The number of hydrogen-bond acceptors (Lipinski definition) is 4. The number of halogens is 1. The number of anilines is 1. The quantitative estimate of drug-likeness (QED) is 0.696. The van der Waals surface area contributed by atoms with Gasteiger partial charge in [0.1, 0.15) is 0 Å². The SMILES string of the molecule is Cc1ccc(NC(=O)CSC(C)C(=O)NCC2CNC2)cc1.Cl. The fourth-order valence-electron chi connectivity index (χ4n) is 1.99. The minimum atomic E-state index is -0.225. The second kappa shape index (κ2) is 9.80. The highest BCUT2D eigenvalue weighted by Crippen LogP contribution is 2.13. The summed E-state index contributed by atoms with van der Waals surface area (Å²) < 4.78 is 0. The molecule has 1 heterocycles. The van der Waals surface area contributed by atoms with Gasteiger partial charge in [-0.1, -0.05) is 17.7 Å². The molecule has 23 heavy (non-hydrogen) atoms. The van der Waals surface area contributed by atoms with Crippen LogP contribution in [-0.2, 0) is 9.59 Å². The molecule has 1 saturated heterocycles. The van der Waals surface area contributed by atoms with E-state index in [1.165, 1.54) is 11.8 Å². The van der Waals surface area contributed by atoms with Crippen molar-refractivity contribution < 1.29 is 9.59 Å². The van der Waals surface area contributed by atoms with E-state index in [4.69, 9.17) is 0 Å². The van der Waals surface area contributed by atoms with Gasteiger partial charge >= 0.3 is 0 Å². The van der Waals surface area contributed by atoms with Gasteiger partial charge in [0.25, 0.3) is 0 Å². The number of benzene rings is 1. The van der Waals surface area contributed by atoms with Crippen LogP contribution >= 0.6 is 24.2 Å². The van der Waals surface area contributed by atoms with Crippen LogP contribution < -0.4 is 16.0 Å². The molecule has 1 aromatic carbocycles. The van der Waals surface area contributed by atoms with Crippen LogP contribution in [-0.4, -0.2) is 42.5 Å². The van der Waals surface area contributed by atoms with E-state index in [2.05, 4.69) is 16.0 Å². The maximum Gasteiger partial charge on any atom is 0.234 e. The molecule has 5 nitrogen and oxygen atoms in total. The molecule has 3 N–H and O–H groups in total. The van der Waals surface area contributed by atoms with Crippen LogP contribution in [0.3, 0.4) is 0 Å². The average molecular weight is 358 g/mol. The number of amides is 2. The second-order valence-corrected chi connectivity index (χ2v) is 6.97. The maximum atomic E-state index is 11.9. The molecule has 0 aromatic heterocycles. The summed E-state index contributed by atoms with van der Waals surface area (Å²) in [4.78, 5) is 23.8. The molecular weight excluding hydrogens is 334 g/mol. The summed E-state index contributed by atoms with van der Waals surface area (Å²) in [5, 5.41) is 8.71. The topological polar surface area (TPSA) is 70.2 Å². The number of nitrogens with one attached hydrogen (secondary N) is 3. The molecule has 0 aliphatic carbocycles. The Morgan fingerprint density at radius 2 is 1.96 bits per heavy atom. The second-order valence-electron chi connectivity index (χ2n) is 5.64. The van der Waals surface area contributed by atoms with Gasteiger partial charge in [-0.15, -0.1) is 24.2 Å². The Bertz CT molecular complexity index is 521. The van der Waals surface area contributed by atoms with E-state index in [9.17, 15) is 9.59 Å². The van der Waals surface area contributed by atoms with E-state index in [0.717, 1.165) is 24.3 Å². The number of rotatable bonds is 7. The van der Waals surface area contributed by atoms with Crippen LogP contribution in [0.2, 0.25) is 0 Å². The fraction of sp³-hybridized carbons (Fsp3) is 0.500. The molecule has 2 amide bonds. The van der Waals surface area contributed by atoms with E-state index < -0.39 is 0 Å². The van der Waals surface area contributed by atoms with Gasteiger partial charge < -0.3 is 16.0 Å². The summed E-state index contributed by atoms with van der Waals surface area (Å²) in [6.45, 7) is 6.49. The highest BCUT2D eigenvalue weighted by atomic mass is 35.5. The van der Waals surface area contributed by atoms with E-state index in [1.807, 2.05) is 38.1 Å². The van der Waals surface area contributed by atoms with Crippen LogP contribution in [0.1, 0.15) is 12.5 Å². The van der Waals surface area contributed by atoms with Crippen molar-refractivity contribution in [2.24, 2.45) is 5.92 Å². The monoisotopic (exact) mass is 357 g/mol. The van der Waals surface area contributed by atoms with Gasteiger partial charge in [0.2, 0.25) is 11.8 Å². The lowest BCUT2D eigenvalue weighted by Gasteiger charge is -2.27. The smallest absolute Gasteiger partial charge is 0.234 e. The first kappa shape index (κ1) is 19.8. The summed E-state index contributed by atoms with van der Waals surface area (Å²) in [5.41, 5.74) is 1.94. The highest BCUT2D eigenvalue weighted by Gasteiger charge is 2.20. The molecule has 0 radical (unpaired) electrons. The lowest BCUT2D eigenvalue weighted by Crippen LogP contribution is -2.49. The molecule has 7 heteroatoms. The molecule has 1 aromatic rings. The van der Waals surface area contributed by atoms with Gasteiger partial charge in [0.15, 0.2) is 0 Å². The van der Waals surface area contributed by atoms with Crippen LogP contribution in [0.25, 0.3) is 0 Å². The third-order valence-corrected chi connectivity index (χ3v) is 4.74. The van der Waals surface area contributed by atoms with Crippen molar-refractivity contribution in [3.05, 3.63) is 29.8 Å². The Labute approximate surface area is 147 Å². The summed E-state index contributed by atoms with van der Waals surface area (Å²) in [7, 11) is 0. The zero-order chi connectivity index (χ0) is 15.9. The number of carbonyl (C=O) groups excluding carboxylic acids is 2. The van der Waals surface area contributed by atoms with E-state index >= 15 is 0 Å². The number of carbonyl (C=O) groups is 2. The van der Waals surface area contributed by atoms with E-state index in [-0.39, 0.29) is 35.2 Å². The average Bonchev–Trinajstić information content (AvgIpc) is 2.45. The van der Waals surface area contributed by atoms with Crippen molar-refractivity contribution in [3.63, 3.8) is 0 Å². The lowest BCUT2D eigenvalue weighted by atomic mass is 10.0. The molecule has 2 rings (SSSR count). The van der Waals surface area contributed by atoms with Gasteiger partial charge in [-0.25, -0.2) is 0 Å². The molecule has 1 unspecified atom stereocenters. The van der Waals surface area contributed by atoms with Crippen LogP contribution in [0, 0.1) is 12.8 Å². The van der Waals surface area contributed by atoms with Crippen LogP contribution in [0.5, 0.6) is 0 Å². The summed E-state index contributed by atoms with van der Waals surface area (Å²) in [6, 6.07) is 7.66. The molecule has 1 aliphatic heterocycles. The first-order chi connectivity index (χ1) is 10.5. The third-order valence-electron chi connectivity index (χ3n) is 3.60. The first-order valence-electron chi connectivity index (χ1n) is 7.51. The van der Waals surface area contributed by atoms with Gasteiger partial charge in [0.05, 0.1) is 11.0 Å².